The fourth-order valence-corrected chi connectivity index (χ4v) is 6.94. The normalized spacial score (nSPS) is 13.6. The highest BCUT2D eigenvalue weighted by molar-refractivity contribution is 7.98. The molecule has 1 amide bonds. The summed E-state index contributed by atoms with van der Waals surface area (Å²) in [6, 6.07) is 22.3. The number of likely N-dealkylation sites (tertiary alicyclic amines) is 1. The lowest BCUT2D eigenvalue weighted by molar-refractivity contribution is -0.132. The lowest BCUT2D eigenvalue weighted by Gasteiger charge is -2.27. The zero-order valence-corrected chi connectivity index (χ0v) is 29.6. The second kappa shape index (κ2) is 17.1. The molecule has 3 aromatic carbocycles. The second-order valence-electron chi connectivity index (χ2n) is 12.1. The number of benzene rings is 3. The number of H-pyrrole nitrogens is 1. The number of carbonyl (C=O) groups excluding carboxylic acids is 1. The minimum Gasteiger partial charge on any atom is -0.336 e. The molecule has 0 saturated carbocycles. The lowest BCUT2D eigenvalue weighted by atomic mass is 9.98. The highest BCUT2D eigenvalue weighted by Crippen LogP contribution is 2.26. The van der Waals surface area contributed by atoms with E-state index < -0.39 is 0 Å². The van der Waals surface area contributed by atoms with Crippen LogP contribution < -0.4 is 5.56 Å². The Bertz CT molecular complexity index is 1860. The van der Waals surface area contributed by atoms with Gasteiger partial charge in [0.15, 0.2) is 5.16 Å². The fraction of sp³-hybridized carbons (Fsp3) is 0.297. The summed E-state index contributed by atoms with van der Waals surface area (Å²) in [4.78, 5) is 36.3. The Balaban J connectivity index is 0.00000468. The number of thioether (sulfide) groups is 1. The quantitative estimate of drug-likeness (QED) is 0.101. The molecule has 1 unspecified atom stereocenters. The predicted molar refractivity (Wildman–Crippen MR) is 196 cm³/mol. The van der Waals surface area contributed by atoms with Crippen LogP contribution in [0.5, 0.6) is 0 Å². The number of carbonyl (C=O) groups is 1. The van der Waals surface area contributed by atoms with Gasteiger partial charge in [-0.05, 0) is 78.0 Å². The van der Waals surface area contributed by atoms with Gasteiger partial charge in [0, 0.05) is 54.3 Å². The molecule has 3 heterocycles. The van der Waals surface area contributed by atoms with Crippen LogP contribution in [0.15, 0.2) is 101 Å². The van der Waals surface area contributed by atoms with Crippen molar-refractivity contribution in [2.75, 3.05) is 26.2 Å². The number of halogens is 3. The first-order valence-corrected chi connectivity index (χ1v) is 17.5. The topological polar surface area (TPSA) is 87.1 Å². The summed E-state index contributed by atoms with van der Waals surface area (Å²) >= 11 is 7.44. The van der Waals surface area contributed by atoms with Crippen LogP contribution in [0.25, 0.3) is 11.1 Å². The van der Waals surface area contributed by atoms with Crippen LogP contribution in [0.1, 0.15) is 47.9 Å². The molecule has 5 aromatic rings. The number of hydrogen-bond donors (Lipinski definition) is 1. The maximum absolute atomic E-state index is 14.2. The van der Waals surface area contributed by atoms with E-state index in [1.54, 1.807) is 35.3 Å². The molecule has 8 nitrogen and oxygen atoms in total. The van der Waals surface area contributed by atoms with E-state index in [1.807, 2.05) is 36.1 Å². The van der Waals surface area contributed by atoms with Gasteiger partial charge in [-0.3, -0.25) is 14.7 Å². The summed E-state index contributed by atoms with van der Waals surface area (Å²) in [6.07, 6.45) is 7.56. The number of amides is 1. The van der Waals surface area contributed by atoms with Gasteiger partial charge < -0.3 is 14.4 Å². The molecule has 2 aromatic heterocycles. The first kappa shape index (κ1) is 36.3. The van der Waals surface area contributed by atoms with Crippen LogP contribution >= 0.6 is 35.8 Å². The molecule has 0 aliphatic carbocycles. The SMILES string of the molecule is CC(c1cn[nH]c1)c1cn(CC(=O)N(CCN2CCCC2)Cc2ccc(-c3ccc(Cl)cc3)cc2)c(SCc2ccc(F)cc2)nc1=O.Cl. The Morgan fingerprint density at radius 2 is 1.65 bits per heavy atom. The summed E-state index contributed by atoms with van der Waals surface area (Å²) in [5.41, 5.74) is 5.06. The Morgan fingerprint density at radius 1 is 1.00 bits per heavy atom. The van der Waals surface area contributed by atoms with Crippen molar-refractivity contribution >= 4 is 41.7 Å². The van der Waals surface area contributed by atoms with Crippen molar-refractivity contribution < 1.29 is 9.18 Å². The third kappa shape index (κ3) is 9.60. The molecule has 1 aliphatic rings. The minimum atomic E-state index is -0.347. The molecule has 0 radical (unpaired) electrons. The van der Waals surface area contributed by atoms with E-state index >= 15 is 0 Å². The van der Waals surface area contributed by atoms with Gasteiger partial charge in [-0.25, -0.2) is 4.39 Å². The van der Waals surface area contributed by atoms with Gasteiger partial charge >= 0.3 is 0 Å². The zero-order valence-electron chi connectivity index (χ0n) is 27.2. The number of nitrogens with one attached hydrogen (secondary N) is 1. The van der Waals surface area contributed by atoms with E-state index in [4.69, 9.17) is 11.6 Å². The van der Waals surface area contributed by atoms with Gasteiger partial charge in [0.2, 0.25) is 5.91 Å². The number of rotatable bonds is 13. The van der Waals surface area contributed by atoms with Crippen molar-refractivity contribution in [2.45, 2.75) is 49.7 Å². The summed E-state index contributed by atoms with van der Waals surface area (Å²) in [6.45, 7) is 5.87. The van der Waals surface area contributed by atoms with Crippen LogP contribution in [0.2, 0.25) is 5.02 Å². The highest BCUT2D eigenvalue weighted by atomic mass is 35.5. The van der Waals surface area contributed by atoms with E-state index in [0.717, 1.165) is 47.5 Å². The average molecular weight is 722 g/mol. The fourth-order valence-electron chi connectivity index (χ4n) is 5.90. The Hall–Kier alpha value is -3.96. The number of nitrogens with zero attached hydrogens (tertiary/aromatic N) is 5. The van der Waals surface area contributed by atoms with Crippen molar-refractivity contribution in [1.29, 1.82) is 0 Å². The van der Waals surface area contributed by atoms with Crippen LogP contribution in [0.3, 0.4) is 0 Å². The smallest absolute Gasteiger partial charge is 0.277 e. The maximum atomic E-state index is 14.2. The molecule has 0 bridgehead atoms. The molecule has 0 spiro atoms. The molecule has 6 rings (SSSR count). The van der Waals surface area contributed by atoms with Crippen molar-refractivity contribution in [2.24, 2.45) is 0 Å². The molecule has 1 saturated heterocycles. The predicted octanol–water partition coefficient (Wildman–Crippen LogP) is 7.42. The van der Waals surface area contributed by atoms with E-state index in [2.05, 4.69) is 44.3 Å². The van der Waals surface area contributed by atoms with Crippen molar-refractivity contribution in [3.8, 4) is 11.1 Å². The van der Waals surface area contributed by atoms with Gasteiger partial charge in [-0.2, -0.15) is 10.1 Å². The molecule has 49 heavy (non-hydrogen) atoms. The van der Waals surface area contributed by atoms with Gasteiger partial charge in [0.1, 0.15) is 12.4 Å². The summed E-state index contributed by atoms with van der Waals surface area (Å²) in [7, 11) is 0. The van der Waals surface area contributed by atoms with Gasteiger partial charge in [0.25, 0.3) is 5.56 Å². The molecule has 1 atom stereocenters. The Labute approximate surface area is 301 Å². The van der Waals surface area contributed by atoms with E-state index in [0.29, 0.717) is 34.6 Å². The van der Waals surface area contributed by atoms with Gasteiger partial charge in [-0.1, -0.05) is 78.8 Å². The molecule has 1 aliphatic heterocycles. The zero-order chi connectivity index (χ0) is 33.5. The third-order valence-electron chi connectivity index (χ3n) is 8.80. The molecular weight excluding hydrogens is 682 g/mol. The average Bonchev–Trinajstić information content (AvgIpc) is 3.83. The van der Waals surface area contributed by atoms with Crippen molar-refractivity contribution in [1.82, 2.24) is 29.5 Å². The molecular formula is C37H39Cl2FN6O2S. The minimum absolute atomic E-state index is 0. The first-order valence-electron chi connectivity index (χ1n) is 16.1. The van der Waals surface area contributed by atoms with Gasteiger partial charge in [-0.15, -0.1) is 12.4 Å². The molecule has 1 fully saturated rings. The van der Waals surface area contributed by atoms with Crippen molar-refractivity contribution in [3.63, 3.8) is 0 Å². The van der Waals surface area contributed by atoms with Crippen LogP contribution in [0.4, 0.5) is 4.39 Å². The second-order valence-corrected chi connectivity index (χ2v) is 13.5. The molecule has 256 valence electrons. The third-order valence-corrected chi connectivity index (χ3v) is 10.1. The largest absolute Gasteiger partial charge is 0.336 e. The van der Waals surface area contributed by atoms with E-state index in [9.17, 15) is 14.0 Å². The van der Waals surface area contributed by atoms with Gasteiger partial charge in [0.05, 0.1) is 6.20 Å². The lowest BCUT2D eigenvalue weighted by Crippen LogP contribution is -2.39. The summed E-state index contributed by atoms with van der Waals surface area (Å²) in [5, 5.41) is 7.99. The number of aromatic amines is 1. The number of aromatic nitrogens is 4. The van der Waals surface area contributed by atoms with Crippen LogP contribution in [-0.4, -0.2) is 61.6 Å². The first-order chi connectivity index (χ1) is 23.3. The monoisotopic (exact) mass is 720 g/mol. The Kier molecular flexibility index (Phi) is 12.7. The Morgan fingerprint density at radius 3 is 2.31 bits per heavy atom. The summed E-state index contributed by atoms with van der Waals surface area (Å²) < 4.78 is 15.3. The molecule has 12 heteroatoms. The van der Waals surface area contributed by atoms with E-state index in [-0.39, 0.29) is 42.2 Å². The molecule has 1 N–H and O–H groups in total. The van der Waals surface area contributed by atoms with E-state index in [1.165, 1.54) is 36.7 Å². The van der Waals surface area contributed by atoms with Crippen LogP contribution in [-0.2, 0) is 23.6 Å². The summed E-state index contributed by atoms with van der Waals surface area (Å²) in [5.74, 6) is -0.176. The van der Waals surface area contributed by atoms with Crippen molar-refractivity contribution in [3.05, 3.63) is 135 Å². The standard InChI is InChI=1S/C37H38ClFN6O2S.ClH/c1-26(31-20-40-41-21-31)34-23-45(37(42-36(34)47)48-25-28-6-14-33(39)15-7-28)24-35(46)44(19-18-43-16-2-3-17-43)22-27-4-8-29(9-5-27)30-10-12-32(38)13-11-30;/h4-15,20-21,23,26H,2-3,16-19,22,24-25H2,1H3,(H,40,41);1H. The number of hydrogen-bond acceptors (Lipinski definition) is 6. The van der Waals surface area contributed by atoms with Crippen LogP contribution in [0, 0.1) is 5.82 Å². The highest BCUT2D eigenvalue weighted by Gasteiger charge is 2.22. The maximum Gasteiger partial charge on any atom is 0.277 e.